The second kappa shape index (κ2) is 6.85. The maximum Gasteiger partial charge on any atom is 0.313 e. The van der Waals surface area contributed by atoms with Crippen molar-refractivity contribution in [3.8, 4) is 11.4 Å². The number of nitro groups is 1. The summed E-state index contributed by atoms with van der Waals surface area (Å²) in [6.45, 7) is 3.26. The number of aromatic nitrogens is 2. The quantitative estimate of drug-likeness (QED) is 0.455. The Morgan fingerprint density at radius 3 is 2.75 bits per heavy atom. The summed E-state index contributed by atoms with van der Waals surface area (Å²) >= 11 is 0. The van der Waals surface area contributed by atoms with Crippen LogP contribution in [0, 0.1) is 28.4 Å². The lowest BCUT2D eigenvalue weighted by molar-refractivity contribution is -0.384. The lowest BCUT2D eigenvalue weighted by Crippen LogP contribution is -2.37. The highest BCUT2D eigenvalue weighted by molar-refractivity contribution is 5.79. The number of carbonyl (C=O) groups excluding carboxylic acids is 1. The number of hydrogen-bond donors (Lipinski definition) is 0. The van der Waals surface area contributed by atoms with E-state index in [0.717, 1.165) is 42.9 Å². The SMILES string of the molecule is COC(=O)C12CCCC1CN(c1cc(C)nc(-c3ccc([N+](=O)[O-])cc3)n1)C2. The molecule has 1 aliphatic heterocycles. The summed E-state index contributed by atoms with van der Waals surface area (Å²) in [5, 5.41) is 10.9. The van der Waals surface area contributed by atoms with E-state index in [1.165, 1.54) is 19.2 Å². The van der Waals surface area contributed by atoms with Crippen LogP contribution in [-0.4, -0.2) is 41.1 Å². The fourth-order valence-corrected chi connectivity index (χ4v) is 4.58. The first-order chi connectivity index (χ1) is 13.4. The van der Waals surface area contributed by atoms with Gasteiger partial charge in [-0.1, -0.05) is 6.42 Å². The summed E-state index contributed by atoms with van der Waals surface area (Å²) in [5.41, 5.74) is 1.12. The van der Waals surface area contributed by atoms with Gasteiger partial charge < -0.3 is 9.64 Å². The van der Waals surface area contributed by atoms with E-state index in [1.54, 1.807) is 12.1 Å². The first-order valence-electron chi connectivity index (χ1n) is 9.37. The van der Waals surface area contributed by atoms with Crippen LogP contribution in [0.2, 0.25) is 0 Å². The molecule has 2 atom stereocenters. The molecule has 1 aromatic heterocycles. The molecule has 1 saturated carbocycles. The third-order valence-electron chi connectivity index (χ3n) is 5.96. The molecule has 8 nitrogen and oxygen atoms in total. The number of carbonyl (C=O) groups is 1. The van der Waals surface area contributed by atoms with E-state index in [9.17, 15) is 14.9 Å². The van der Waals surface area contributed by atoms with Crippen molar-refractivity contribution in [3.63, 3.8) is 0 Å². The van der Waals surface area contributed by atoms with Crippen molar-refractivity contribution in [2.75, 3.05) is 25.1 Å². The molecule has 8 heteroatoms. The van der Waals surface area contributed by atoms with Crippen LogP contribution in [0.3, 0.4) is 0 Å². The molecule has 2 aromatic rings. The molecule has 28 heavy (non-hydrogen) atoms. The van der Waals surface area contributed by atoms with Gasteiger partial charge in [0.2, 0.25) is 0 Å². The van der Waals surface area contributed by atoms with Crippen LogP contribution < -0.4 is 4.90 Å². The third-order valence-corrected chi connectivity index (χ3v) is 5.96. The molecule has 2 unspecified atom stereocenters. The van der Waals surface area contributed by atoms with Crippen molar-refractivity contribution in [2.24, 2.45) is 11.3 Å². The van der Waals surface area contributed by atoms with Gasteiger partial charge >= 0.3 is 5.97 Å². The standard InChI is InChI=1S/C20H22N4O4/c1-13-10-17(22-18(21-13)14-5-7-16(8-6-14)24(26)27)23-11-15-4-3-9-20(15,12-23)19(25)28-2/h5-8,10,15H,3-4,9,11-12H2,1-2H3. The molecule has 0 bridgehead atoms. The van der Waals surface area contributed by atoms with Gasteiger partial charge in [0.05, 0.1) is 17.4 Å². The Balaban J connectivity index is 1.65. The number of fused-ring (bicyclic) bond motifs is 1. The van der Waals surface area contributed by atoms with Crippen molar-refractivity contribution in [1.82, 2.24) is 9.97 Å². The molecular weight excluding hydrogens is 360 g/mol. The number of benzene rings is 1. The highest BCUT2D eigenvalue weighted by Crippen LogP contribution is 2.50. The van der Waals surface area contributed by atoms with Crippen molar-refractivity contribution in [2.45, 2.75) is 26.2 Å². The van der Waals surface area contributed by atoms with E-state index in [0.29, 0.717) is 12.4 Å². The Morgan fingerprint density at radius 2 is 2.07 bits per heavy atom. The Hall–Kier alpha value is -3.03. The number of non-ortho nitro benzene ring substituents is 1. The zero-order valence-electron chi connectivity index (χ0n) is 15.9. The van der Waals surface area contributed by atoms with E-state index >= 15 is 0 Å². The monoisotopic (exact) mass is 382 g/mol. The fourth-order valence-electron chi connectivity index (χ4n) is 4.58. The predicted molar refractivity (Wildman–Crippen MR) is 103 cm³/mol. The smallest absolute Gasteiger partial charge is 0.313 e. The van der Waals surface area contributed by atoms with Gasteiger partial charge in [0, 0.05) is 42.5 Å². The minimum Gasteiger partial charge on any atom is -0.469 e. The van der Waals surface area contributed by atoms with Crippen LogP contribution in [0.4, 0.5) is 11.5 Å². The summed E-state index contributed by atoms with van der Waals surface area (Å²) in [6, 6.07) is 8.14. The normalized spacial score (nSPS) is 23.5. The third kappa shape index (κ3) is 2.98. The molecule has 0 radical (unpaired) electrons. The van der Waals surface area contributed by atoms with E-state index < -0.39 is 10.3 Å². The highest BCUT2D eigenvalue weighted by Gasteiger charge is 2.55. The summed E-state index contributed by atoms with van der Waals surface area (Å²) in [4.78, 5) is 34.3. The molecule has 0 amide bonds. The van der Waals surface area contributed by atoms with Gasteiger partial charge in [-0.25, -0.2) is 9.97 Å². The lowest BCUT2D eigenvalue weighted by Gasteiger charge is -2.25. The van der Waals surface area contributed by atoms with Gasteiger partial charge in [-0.05, 0) is 37.8 Å². The number of nitrogens with zero attached hydrogens (tertiary/aromatic N) is 4. The summed E-state index contributed by atoms with van der Waals surface area (Å²) in [6.07, 6.45) is 2.91. The molecular formula is C20H22N4O4. The van der Waals surface area contributed by atoms with Gasteiger partial charge in [-0.15, -0.1) is 0 Å². The number of hydrogen-bond acceptors (Lipinski definition) is 7. The van der Waals surface area contributed by atoms with Gasteiger partial charge in [0.15, 0.2) is 5.82 Å². The highest BCUT2D eigenvalue weighted by atomic mass is 16.6. The van der Waals surface area contributed by atoms with Crippen molar-refractivity contribution in [3.05, 3.63) is 46.1 Å². The first-order valence-corrected chi connectivity index (χ1v) is 9.37. The minimum absolute atomic E-state index is 0.0315. The number of aryl methyl sites for hydroxylation is 1. The number of rotatable bonds is 4. The number of anilines is 1. The maximum atomic E-state index is 12.5. The van der Waals surface area contributed by atoms with Crippen LogP contribution >= 0.6 is 0 Å². The van der Waals surface area contributed by atoms with Crippen LogP contribution in [-0.2, 0) is 9.53 Å². The number of methoxy groups -OCH3 is 1. The van der Waals surface area contributed by atoms with Crippen molar-refractivity contribution in [1.29, 1.82) is 0 Å². The summed E-state index contributed by atoms with van der Waals surface area (Å²) in [7, 11) is 1.46. The second-order valence-corrected chi connectivity index (χ2v) is 7.61. The van der Waals surface area contributed by atoms with Crippen LogP contribution in [0.5, 0.6) is 0 Å². The zero-order valence-corrected chi connectivity index (χ0v) is 15.9. The van der Waals surface area contributed by atoms with E-state index in [2.05, 4.69) is 9.88 Å². The van der Waals surface area contributed by atoms with Gasteiger partial charge in [-0.3, -0.25) is 14.9 Å². The summed E-state index contributed by atoms with van der Waals surface area (Å²) in [5.74, 6) is 1.45. The van der Waals surface area contributed by atoms with E-state index in [4.69, 9.17) is 9.72 Å². The van der Waals surface area contributed by atoms with E-state index in [-0.39, 0.29) is 17.6 Å². The predicted octanol–water partition coefficient (Wildman–Crippen LogP) is 3.14. The fraction of sp³-hybridized carbons (Fsp3) is 0.450. The van der Waals surface area contributed by atoms with Crippen molar-refractivity contribution >= 4 is 17.5 Å². The van der Waals surface area contributed by atoms with Crippen LogP contribution in [0.1, 0.15) is 25.0 Å². The molecule has 2 heterocycles. The maximum absolute atomic E-state index is 12.5. The number of esters is 1. The minimum atomic E-state index is -0.443. The number of ether oxygens (including phenoxy) is 1. The Morgan fingerprint density at radius 1 is 1.32 bits per heavy atom. The topological polar surface area (TPSA) is 98.5 Å². The Bertz CT molecular complexity index is 930. The van der Waals surface area contributed by atoms with Crippen LogP contribution in [0.15, 0.2) is 30.3 Å². The molecule has 2 aliphatic rings. The van der Waals surface area contributed by atoms with Gasteiger partial charge in [-0.2, -0.15) is 0 Å². The molecule has 1 aromatic carbocycles. The molecule has 4 rings (SSSR count). The molecule has 2 fully saturated rings. The van der Waals surface area contributed by atoms with Gasteiger partial charge in [0.1, 0.15) is 5.82 Å². The van der Waals surface area contributed by atoms with Crippen LogP contribution in [0.25, 0.3) is 11.4 Å². The average molecular weight is 382 g/mol. The molecule has 1 saturated heterocycles. The molecule has 1 aliphatic carbocycles. The zero-order chi connectivity index (χ0) is 19.9. The molecule has 146 valence electrons. The number of nitro benzene ring substituents is 1. The average Bonchev–Trinajstić information content (AvgIpc) is 3.25. The lowest BCUT2D eigenvalue weighted by atomic mass is 9.81. The largest absolute Gasteiger partial charge is 0.469 e. The first kappa shape index (κ1) is 18.3. The second-order valence-electron chi connectivity index (χ2n) is 7.61. The van der Waals surface area contributed by atoms with Crippen molar-refractivity contribution < 1.29 is 14.5 Å². The van der Waals surface area contributed by atoms with E-state index in [1.807, 2.05) is 13.0 Å². The molecule has 0 N–H and O–H groups in total. The Labute approximate surface area is 162 Å². The Kier molecular flexibility index (Phi) is 4.49. The summed E-state index contributed by atoms with van der Waals surface area (Å²) < 4.78 is 5.12. The van der Waals surface area contributed by atoms with Gasteiger partial charge in [0.25, 0.3) is 5.69 Å². The molecule has 0 spiro atoms.